The van der Waals surface area contributed by atoms with Crippen molar-refractivity contribution in [3.8, 4) is 0 Å². The quantitative estimate of drug-likeness (QED) is 0.625. The summed E-state index contributed by atoms with van der Waals surface area (Å²) in [5.41, 5.74) is 0. The maximum absolute atomic E-state index is 5.99. The van der Waals surface area contributed by atoms with E-state index in [4.69, 9.17) is 11.6 Å². The molecule has 0 aliphatic rings. The normalized spacial score (nSPS) is 11.0. The monoisotopic (exact) mass is 338 g/mol. The molecule has 0 amide bonds. The molecule has 0 saturated heterocycles. The lowest BCUT2D eigenvalue weighted by molar-refractivity contribution is 1.59. The van der Waals surface area contributed by atoms with Crippen LogP contribution in [0.25, 0.3) is 10.1 Å². The Balaban J connectivity index is 2.70. The van der Waals surface area contributed by atoms with Gasteiger partial charge in [-0.3, -0.25) is 0 Å². The van der Waals surface area contributed by atoms with Gasteiger partial charge in [0, 0.05) is 19.4 Å². The molecule has 0 atom stereocenters. The van der Waals surface area contributed by atoms with Crippen LogP contribution in [0.4, 0.5) is 0 Å². The Morgan fingerprint density at radius 2 is 2.08 bits per heavy atom. The van der Waals surface area contributed by atoms with Gasteiger partial charge in [0.2, 0.25) is 0 Å². The molecule has 1 heterocycles. The van der Waals surface area contributed by atoms with Gasteiger partial charge in [0.05, 0.1) is 5.02 Å². The van der Waals surface area contributed by atoms with E-state index >= 15 is 0 Å². The van der Waals surface area contributed by atoms with Crippen LogP contribution in [0, 0.1) is 0 Å². The lowest BCUT2D eigenvalue weighted by atomic mass is 10.2. The van der Waals surface area contributed by atoms with Gasteiger partial charge >= 0.3 is 0 Å². The summed E-state index contributed by atoms with van der Waals surface area (Å²) in [4.78, 5) is 1.32. The van der Waals surface area contributed by atoms with E-state index in [0.717, 1.165) is 14.8 Å². The largest absolute Gasteiger partial charge is 0.139 e. The van der Waals surface area contributed by atoms with Crippen molar-refractivity contribution < 1.29 is 0 Å². The van der Waals surface area contributed by atoms with Gasteiger partial charge in [-0.25, -0.2) is 0 Å². The molecule has 0 saturated carbocycles. The summed E-state index contributed by atoms with van der Waals surface area (Å²) in [6.45, 7) is 0. The summed E-state index contributed by atoms with van der Waals surface area (Å²) in [7, 11) is 0. The lowest BCUT2D eigenvalue weighted by Crippen LogP contribution is -1.67. The molecule has 0 fully saturated rings. The minimum Gasteiger partial charge on any atom is -0.139 e. The predicted molar refractivity (Wildman–Crippen MR) is 67.2 cm³/mol. The first-order chi connectivity index (χ1) is 6.20. The Kier molecular flexibility index (Phi) is 2.98. The molecule has 13 heavy (non-hydrogen) atoms. The molecule has 0 spiro atoms. The van der Waals surface area contributed by atoms with Crippen LogP contribution in [0.15, 0.2) is 22.7 Å². The van der Waals surface area contributed by atoms with Crippen LogP contribution >= 0.6 is 54.8 Å². The fourth-order valence-corrected chi connectivity index (χ4v) is 3.19. The first-order valence-corrected chi connectivity index (χ1v) is 6.75. The standard InChI is InChI=1S/C9H5Br2ClS/c10-4-6-1-5-2-7(11)8(12)3-9(5)13-6/h1-3H,4H2. The molecular formula is C9H5Br2ClS. The Bertz CT molecular complexity index is 411. The Morgan fingerprint density at radius 1 is 1.31 bits per heavy atom. The summed E-state index contributed by atoms with van der Waals surface area (Å²) in [5, 5.41) is 2.92. The van der Waals surface area contributed by atoms with E-state index < -0.39 is 0 Å². The van der Waals surface area contributed by atoms with E-state index in [0.29, 0.717) is 0 Å². The molecule has 0 radical (unpaired) electrons. The topological polar surface area (TPSA) is 0 Å². The number of hydrogen-bond donors (Lipinski definition) is 0. The second-order valence-electron chi connectivity index (χ2n) is 2.65. The third-order valence-electron chi connectivity index (χ3n) is 1.74. The van der Waals surface area contributed by atoms with Crippen LogP contribution in [-0.4, -0.2) is 0 Å². The smallest absolute Gasteiger partial charge is 0.0562 e. The van der Waals surface area contributed by atoms with Crippen LogP contribution in [0.1, 0.15) is 4.88 Å². The summed E-state index contributed by atoms with van der Waals surface area (Å²) < 4.78 is 2.20. The second-order valence-corrected chi connectivity index (χ2v) is 5.64. The average Bonchev–Trinajstić information content (AvgIpc) is 2.48. The molecule has 68 valence electrons. The maximum Gasteiger partial charge on any atom is 0.0562 e. The van der Waals surface area contributed by atoms with Crippen molar-refractivity contribution in [3.63, 3.8) is 0 Å². The van der Waals surface area contributed by atoms with E-state index in [9.17, 15) is 0 Å². The number of rotatable bonds is 1. The zero-order valence-corrected chi connectivity index (χ0v) is 11.2. The Hall–Kier alpha value is 0.430. The van der Waals surface area contributed by atoms with Gasteiger partial charge in [0.15, 0.2) is 0 Å². The van der Waals surface area contributed by atoms with Gasteiger partial charge in [-0.1, -0.05) is 27.5 Å². The summed E-state index contributed by atoms with van der Waals surface area (Å²) in [6, 6.07) is 6.23. The minimum atomic E-state index is 0.774. The van der Waals surface area contributed by atoms with Crippen LogP contribution in [-0.2, 0) is 5.33 Å². The SMILES string of the molecule is Clc1cc2sc(CBr)cc2cc1Br. The first kappa shape index (κ1) is 9.97. The van der Waals surface area contributed by atoms with Gasteiger partial charge in [-0.15, -0.1) is 11.3 Å². The highest BCUT2D eigenvalue weighted by Gasteiger charge is 2.04. The number of thiophene rings is 1. The van der Waals surface area contributed by atoms with Crippen LogP contribution < -0.4 is 0 Å². The van der Waals surface area contributed by atoms with Gasteiger partial charge < -0.3 is 0 Å². The van der Waals surface area contributed by atoms with Crippen molar-refractivity contribution in [1.82, 2.24) is 0 Å². The van der Waals surface area contributed by atoms with E-state index in [1.165, 1.54) is 15.0 Å². The fraction of sp³-hybridized carbons (Fsp3) is 0.111. The number of hydrogen-bond acceptors (Lipinski definition) is 1. The summed E-state index contributed by atoms with van der Waals surface area (Å²) >= 11 is 14.6. The molecule has 2 rings (SSSR count). The van der Waals surface area contributed by atoms with Gasteiger partial charge in [-0.2, -0.15) is 0 Å². The van der Waals surface area contributed by atoms with Crippen molar-refractivity contribution in [3.05, 3.63) is 32.6 Å². The fourth-order valence-electron chi connectivity index (χ4n) is 1.16. The molecule has 0 bridgehead atoms. The number of halogens is 3. The van der Waals surface area contributed by atoms with Gasteiger partial charge in [-0.05, 0) is 39.5 Å². The number of alkyl halides is 1. The predicted octanol–water partition coefficient (Wildman–Crippen LogP) is 5.21. The molecule has 0 aliphatic heterocycles. The van der Waals surface area contributed by atoms with E-state index in [1.54, 1.807) is 11.3 Å². The Labute approximate surface area is 102 Å². The molecule has 0 N–H and O–H groups in total. The zero-order valence-electron chi connectivity index (χ0n) is 6.48. The van der Waals surface area contributed by atoms with Crippen molar-refractivity contribution >= 4 is 64.9 Å². The lowest BCUT2D eigenvalue weighted by Gasteiger charge is -1.94. The number of benzene rings is 1. The van der Waals surface area contributed by atoms with Crippen molar-refractivity contribution in [2.75, 3.05) is 0 Å². The molecule has 0 nitrogen and oxygen atoms in total. The first-order valence-electron chi connectivity index (χ1n) is 3.64. The second kappa shape index (κ2) is 3.89. The molecular weight excluding hydrogens is 335 g/mol. The Morgan fingerprint density at radius 3 is 2.77 bits per heavy atom. The number of fused-ring (bicyclic) bond motifs is 1. The average molecular weight is 340 g/mol. The summed E-state index contributed by atoms with van der Waals surface area (Å²) in [6.07, 6.45) is 0. The third kappa shape index (κ3) is 1.94. The molecule has 1 aromatic heterocycles. The van der Waals surface area contributed by atoms with Crippen LogP contribution in [0.5, 0.6) is 0 Å². The molecule has 0 unspecified atom stereocenters. The minimum absolute atomic E-state index is 0.774. The zero-order chi connectivity index (χ0) is 9.42. The molecule has 4 heteroatoms. The van der Waals surface area contributed by atoms with E-state index in [1.807, 2.05) is 6.07 Å². The maximum atomic E-state index is 5.99. The molecule has 1 aromatic carbocycles. The highest BCUT2D eigenvalue weighted by molar-refractivity contribution is 9.10. The third-order valence-corrected chi connectivity index (χ3v) is 5.01. The van der Waals surface area contributed by atoms with Gasteiger partial charge in [0.25, 0.3) is 0 Å². The van der Waals surface area contributed by atoms with Crippen molar-refractivity contribution in [1.29, 1.82) is 0 Å². The summed E-state index contributed by atoms with van der Waals surface area (Å²) in [5.74, 6) is 0. The van der Waals surface area contributed by atoms with Crippen LogP contribution in [0.3, 0.4) is 0 Å². The molecule has 0 aliphatic carbocycles. The van der Waals surface area contributed by atoms with Crippen molar-refractivity contribution in [2.45, 2.75) is 5.33 Å². The molecule has 2 aromatic rings. The van der Waals surface area contributed by atoms with E-state index in [-0.39, 0.29) is 0 Å². The highest BCUT2D eigenvalue weighted by atomic mass is 79.9. The van der Waals surface area contributed by atoms with Crippen LogP contribution in [0.2, 0.25) is 5.02 Å². The highest BCUT2D eigenvalue weighted by Crippen LogP contribution is 2.33. The van der Waals surface area contributed by atoms with E-state index in [2.05, 4.69) is 44.0 Å². The van der Waals surface area contributed by atoms with Crippen molar-refractivity contribution in [2.24, 2.45) is 0 Å². The van der Waals surface area contributed by atoms with Gasteiger partial charge in [0.1, 0.15) is 0 Å².